The number of nitrogens with zero attached hydrogens (tertiary/aromatic N) is 3. The van der Waals surface area contributed by atoms with Gasteiger partial charge >= 0.3 is 6.03 Å². The monoisotopic (exact) mass is 330 g/mol. The predicted molar refractivity (Wildman–Crippen MR) is 88.3 cm³/mol. The number of amides is 4. The van der Waals surface area contributed by atoms with Gasteiger partial charge in [-0.2, -0.15) is 0 Å². The molecule has 0 unspecified atom stereocenters. The fourth-order valence-corrected chi connectivity index (χ4v) is 3.54. The fraction of sp³-hybridized carbons (Fsp3) is 0.529. The summed E-state index contributed by atoms with van der Waals surface area (Å²) in [7, 11) is 1.66. The second-order valence-corrected chi connectivity index (χ2v) is 6.59. The maximum absolute atomic E-state index is 12.8. The molecule has 1 N–H and O–H groups in total. The molecule has 3 rings (SSSR count). The van der Waals surface area contributed by atoms with Crippen molar-refractivity contribution in [3.8, 4) is 0 Å². The van der Waals surface area contributed by atoms with Gasteiger partial charge in [-0.3, -0.25) is 14.5 Å². The molecule has 2 aliphatic rings. The molecule has 7 nitrogen and oxygen atoms in total. The van der Waals surface area contributed by atoms with E-state index in [4.69, 9.17) is 0 Å². The van der Waals surface area contributed by atoms with Crippen LogP contribution in [0.3, 0.4) is 0 Å². The summed E-state index contributed by atoms with van der Waals surface area (Å²) in [6.45, 7) is 1.62. The van der Waals surface area contributed by atoms with Crippen LogP contribution in [0.4, 0.5) is 10.6 Å². The average Bonchev–Trinajstić information content (AvgIpc) is 2.74. The van der Waals surface area contributed by atoms with Crippen LogP contribution in [-0.4, -0.2) is 51.8 Å². The van der Waals surface area contributed by atoms with Crippen LogP contribution in [0.5, 0.6) is 0 Å². The van der Waals surface area contributed by atoms with E-state index in [9.17, 15) is 14.4 Å². The average molecular weight is 330 g/mol. The van der Waals surface area contributed by atoms with Gasteiger partial charge in [0.2, 0.25) is 5.91 Å². The third kappa shape index (κ3) is 2.74. The lowest BCUT2D eigenvalue weighted by Gasteiger charge is -2.35. The molecule has 4 amide bonds. The number of anilines is 1. The number of hydrogen-bond acceptors (Lipinski definition) is 4. The molecule has 2 fully saturated rings. The Morgan fingerprint density at radius 3 is 2.58 bits per heavy atom. The first-order valence-electron chi connectivity index (χ1n) is 8.26. The molecule has 1 aliphatic heterocycles. The van der Waals surface area contributed by atoms with Crippen molar-refractivity contribution < 1.29 is 14.4 Å². The van der Waals surface area contributed by atoms with Gasteiger partial charge < -0.3 is 10.2 Å². The minimum atomic E-state index is -0.752. The van der Waals surface area contributed by atoms with Gasteiger partial charge in [-0.15, -0.1) is 0 Å². The minimum Gasteiger partial charge on any atom is -0.313 e. The van der Waals surface area contributed by atoms with Crippen molar-refractivity contribution in [2.24, 2.45) is 0 Å². The van der Waals surface area contributed by atoms with Crippen LogP contribution >= 0.6 is 0 Å². The maximum Gasteiger partial charge on any atom is 0.327 e. The number of aromatic nitrogens is 1. The number of urea groups is 1. The SMILES string of the molecule is Cc1ccc(NC(=O)CN2C(=O)N(C)C3(CCCCC3)C2=O)nc1. The molecular formula is C17H22N4O3. The zero-order valence-electron chi connectivity index (χ0n) is 14.0. The second kappa shape index (κ2) is 6.22. The summed E-state index contributed by atoms with van der Waals surface area (Å²) in [5, 5.41) is 2.63. The highest BCUT2D eigenvalue weighted by Gasteiger charge is 2.55. The van der Waals surface area contributed by atoms with E-state index < -0.39 is 17.5 Å². The third-order valence-electron chi connectivity index (χ3n) is 4.96. The Kier molecular flexibility index (Phi) is 4.26. The van der Waals surface area contributed by atoms with Crippen LogP contribution in [0.2, 0.25) is 0 Å². The quantitative estimate of drug-likeness (QED) is 0.859. The molecule has 128 valence electrons. The van der Waals surface area contributed by atoms with Gasteiger partial charge in [0.15, 0.2) is 0 Å². The van der Waals surface area contributed by atoms with Crippen LogP contribution in [-0.2, 0) is 9.59 Å². The highest BCUT2D eigenvalue weighted by molar-refractivity contribution is 6.10. The smallest absolute Gasteiger partial charge is 0.313 e. The summed E-state index contributed by atoms with van der Waals surface area (Å²) in [5.41, 5.74) is 0.233. The van der Waals surface area contributed by atoms with Crippen molar-refractivity contribution >= 4 is 23.7 Å². The normalized spacial score (nSPS) is 19.9. The highest BCUT2D eigenvalue weighted by Crippen LogP contribution is 2.39. The van der Waals surface area contributed by atoms with Crippen LogP contribution in [0.15, 0.2) is 18.3 Å². The Balaban J connectivity index is 1.70. The molecule has 0 atom stereocenters. The first-order chi connectivity index (χ1) is 11.4. The van der Waals surface area contributed by atoms with Gasteiger partial charge in [0.25, 0.3) is 5.91 Å². The number of hydrogen-bond donors (Lipinski definition) is 1. The summed E-state index contributed by atoms with van der Waals surface area (Å²) in [5.74, 6) is -0.263. The topological polar surface area (TPSA) is 82.6 Å². The molecule has 1 saturated heterocycles. The van der Waals surface area contributed by atoms with Gasteiger partial charge in [-0.25, -0.2) is 9.78 Å². The van der Waals surface area contributed by atoms with Crippen molar-refractivity contribution in [1.29, 1.82) is 0 Å². The van der Waals surface area contributed by atoms with E-state index in [0.29, 0.717) is 18.7 Å². The molecule has 0 aromatic carbocycles. The number of imide groups is 1. The van der Waals surface area contributed by atoms with E-state index in [1.165, 1.54) is 4.90 Å². The van der Waals surface area contributed by atoms with E-state index in [-0.39, 0.29) is 12.5 Å². The summed E-state index contributed by atoms with van der Waals surface area (Å²) in [4.78, 5) is 44.1. The number of aryl methyl sites for hydroxylation is 1. The Bertz CT molecular complexity index is 665. The molecule has 1 aromatic rings. The Hall–Kier alpha value is -2.44. The molecule has 1 saturated carbocycles. The first-order valence-corrected chi connectivity index (χ1v) is 8.26. The van der Waals surface area contributed by atoms with Crippen LogP contribution in [0.1, 0.15) is 37.7 Å². The van der Waals surface area contributed by atoms with Crippen molar-refractivity contribution in [2.75, 3.05) is 18.9 Å². The molecule has 1 aromatic heterocycles. The maximum atomic E-state index is 12.8. The molecule has 24 heavy (non-hydrogen) atoms. The predicted octanol–water partition coefficient (Wildman–Crippen LogP) is 1.93. The van der Waals surface area contributed by atoms with Gasteiger partial charge in [-0.05, 0) is 31.4 Å². The summed E-state index contributed by atoms with van der Waals surface area (Å²) in [6, 6.07) is 3.13. The Morgan fingerprint density at radius 2 is 1.96 bits per heavy atom. The minimum absolute atomic E-state index is 0.248. The number of rotatable bonds is 3. The lowest BCUT2D eigenvalue weighted by atomic mass is 9.81. The molecule has 1 aliphatic carbocycles. The van der Waals surface area contributed by atoms with E-state index in [2.05, 4.69) is 10.3 Å². The van der Waals surface area contributed by atoms with Crippen LogP contribution in [0, 0.1) is 6.92 Å². The van der Waals surface area contributed by atoms with E-state index >= 15 is 0 Å². The summed E-state index contributed by atoms with van der Waals surface area (Å²) in [6.07, 6.45) is 5.92. The number of carbonyl (C=O) groups excluding carboxylic acids is 3. The molecular weight excluding hydrogens is 308 g/mol. The Morgan fingerprint density at radius 1 is 1.25 bits per heavy atom. The number of carbonyl (C=O) groups is 3. The van der Waals surface area contributed by atoms with Crippen molar-refractivity contribution in [3.05, 3.63) is 23.9 Å². The standard InChI is InChI=1S/C17H22N4O3/c1-12-6-7-13(18-10-12)19-14(22)11-21-15(23)17(20(2)16(21)24)8-4-3-5-9-17/h6-7,10H,3-5,8-9,11H2,1-2H3,(H,18,19,22). The molecule has 0 bridgehead atoms. The molecule has 0 radical (unpaired) electrons. The van der Waals surface area contributed by atoms with Crippen molar-refractivity contribution in [2.45, 2.75) is 44.6 Å². The zero-order valence-corrected chi connectivity index (χ0v) is 14.0. The van der Waals surface area contributed by atoms with E-state index in [0.717, 1.165) is 29.7 Å². The van der Waals surface area contributed by atoms with Crippen molar-refractivity contribution in [3.63, 3.8) is 0 Å². The summed E-state index contributed by atoms with van der Waals surface area (Å²) >= 11 is 0. The van der Waals surface area contributed by atoms with Crippen LogP contribution in [0.25, 0.3) is 0 Å². The summed E-state index contributed by atoms with van der Waals surface area (Å²) < 4.78 is 0. The fourth-order valence-electron chi connectivity index (χ4n) is 3.54. The number of likely N-dealkylation sites (N-methyl/N-ethyl adjacent to an activating group) is 1. The Labute approximate surface area is 141 Å². The first kappa shape index (κ1) is 16.4. The molecule has 1 spiro atoms. The lowest BCUT2D eigenvalue weighted by Crippen LogP contribution is -2.49. The zero-order chi connectivity index (χ0) is 17.3. The largest absolute Gasteiger partial charge is 0.327 e. The molecule has 7 heteroatoms. The van der Waals surface area contributed by atoms with Crippen LogP contribution < -0.4 is 5.32 Å². The number of nitrogens with one attached hydrogen (secondary N) is 1. The number of pyridine rings is 1. The van der Waals surface area contributed by atoms with Gasteiger partial charge in [0.05, 0.1) is 0 Å². The van der Waals surface area contributed by atoms with Gasteiger partial charge in [0, 0.05) is 13.2 Å². The lowest BCUT2D eigenvalue weighted by molar-refractivity contribution is -0.136. The van der Waals surface area contributed by atoms with E-state index in [1.54, 1.807) is 19.3 Å². The van der Waals surface area contributed by atoms with Gasteiger partial charge in [-0.1, -0.05) is 25.3 Å². The highest BCUT2D eigenvalue weighted by atomic mass is 16.2. The van der Waals surface area contributed by atoms with Gasteiger partial charge in [0.1, 0.15) is 17.9 Å². The molecule has 2 heterocycles. The van der Waals surface area contributed by atoms with E-state index in [1.807, 2.05) is 13.0 Å². The van der Waals surface area contributed by atoms with Crippen molar-refractivity contribution in [1.82, 2.24) is 14.8 Å². The third-order valence-corrected chi connectivity index (χ3v) is 4.96. The second-order valence-electron chi connectivity index (χ2n) is 6.59.